The van der Waals surface area contributed by atoms with Crippen molar-refractivity contribution in [2.75, 3.05) is 26.2 Å². The molecule has 6 nitrogen and oxygen atoms in total. The number of carboxylic acid groups (broad SMARTS) is 1. The van der Waals surface area contributed by atoms with Crippen molar-refractivity contribution in [1.82, 2.24) is 9.80 Å². The van der Waals surface area contributed by atoms with Crippen molar-refractivity contribution in [3.8, 4) is 0 Å². The van der Waals surface area contributed by atoms with Crippen LogP contribution in [0.25, 0.3) is 0 Å². The predicted octanol–water partition coefficient (Wildman–Crippen LogP) is 0.966. The number of carbonyl (C=O) groups is 3. The van der Waals surface area contributed by atoms with Crippen molar-refractivity contribution in [2.24, 2.45) is 17.8 Å². The Morgan fingerprint density at radius 2 is 1.74 bits per heavy atom. The van der Waals surface area contributed by atoms with Gasteiger partial charge in [-0.2, -0.15) is 13.2 Å². The molecule has 130 valence electrons. The largest absolute Gasteiger partial charge is 0.481 e. The molecule has 1 unspecified atom stereocenters. The van der Waals surface area contributed by atoms with E-state index in [4.69, 9.17) is 5.11 Å². The van der Waals surface area contributed by atoms with E-state index in [0.717, 1.165) is 4.90 Å². The Bertz CT molecular complexity index is 509. The normalized spacial score (nSPS) is 28.8. The Balaban J connectivity index is 2.08. The molecule has 9 heteroatoms. The van der Waals surface area contributed by atoms with Gasteiger partial charge in [0.2, 0.25) is 11.8 Å². The fraction of sp³-hybridized carbons (Fsp3) is 0.786. The summed E-state index contributed by atoms with van der Waals surface area (Å²) in [6.07, 6.45) is -3.56. The summed E-state index contributed by atoms with van der Waals surface area (Å²) in [5.74, 6) is -6.46. The van der Waals surface area contributed by atoms with Crippen LogP contribution in [0.15, 0.2) is 0 Å². The molecule has 1 N–H and O–H groups in total. The quantitative estimate of drug-likeness (QED) is 0.815. The van der Waals surface area contributed by atoms with Crippen LogP contribution in [-0.4, -0.2) is 65.0 Å². The average Bonchev–Trinajstić information content (AvgIpc) is 2.92. The number of carbonyl (C=O) groups excluding carboxylic acids is 2. The van der Waals surface area contributed by atoms with Gasteiger partial charge in [0.25, 0.3) is 0 Å². The van der Waals surface area contributed by atoms with Gasteiger partial charge < -0.3 is 14.9 Å². The standard InChI is InChI=1S/C14H19F3N2O4/c1-8(20)18-4-2-3-9(5-18)12(21)19-6-10(13(22)23)11(7-19)14(15,16)17/h9-11H,2-7H2,1H3,(H,22,23)/t9?,10-,11-/m1/s1. The first kappa shape index (κ1) is 17.6. The van der Waals surface area contributed by atoms with Gasteiger partial charge in [-0.1, -0.05) is 0 Å². The van der Waals surface area contributed by atoms with Crippen LogP contribution < -0.4 is 0 Å². The third kappa shape index (κ3) is 3.76. The number of hydrogen-bond donors (Lipinski definition) is 1. The van der Waals surface area contributed by atoms with Gasteiger partial charge in [0.05, 0.1) is 17.8 Å². The summed E-state index contributed by atoms with van der Waals surface area (Å²) in [5, 5.41) is 8.98. The van der Waals surface area contributed by atoms with E-state index >= 15 is 0 Å². The van der Waals surface area contributed by atoms with Gasteiger partial charge in [-0.05, 0) is 12.8 Å². The van der Waals surface area contributed by atoms with Gasteiger partial charge in [-0.3, -0.25) is 14.4 Å². The maximum atomic E-state index is 13.0. The molecule has 0 saturated carbocycles. The van der Waals surface area contributed by atoms with Crippen LogP contribution in [0, 0.1) is 17.8 Å². The first-order valence-electron chi connectivity index (χ1n) is 7.45. The summed E-state index contributed by atoms with van der Waals surface area (Å²) in [6.45, 7) is 1.02. The highest BCUT2D eigenvalue weighted by Gasteiger charge is 2.54. The third-order valence-corrected chi connectivity index (χ3v) is 4.59. The molecule has 3 atom stereocenters. The van der Waals surface area contributed by atoms with Gasteiger partial charge in [0, 0.05) is 33.1 Å². The minimum Gasteiger partial charge on any atom is -0.481 e. The Morgan fingerprint density at radius 1 is 1.09 bits per heavy atom. The Morgan fingerprint density at radius 3 is 2.22 bits per heavy atom. The Hall–Kier alpha value is -1.80. The van der Waals surface area contributed by atoms with E-state index in [1.54, 1.807) is 0 Å². The van der Waals surface area contributed by atoms with E-state index in [2.05, 4.69) is 0 Å². The molecule has 2 saturated heterocycles. The van der Waals surface area contributed by atoms with Gasteiger partial charge in [-0.15, -0.1) is 0 Å². The number of hydrogen-bond acceptors (Lipinski definition) is 3. The Kier molecular flexibility index (Phi) is 4.86. The van der Waals surface area contributed by atoms with Crippen molar-refractivity contribution in [1.29, 1.82) is 0 Å². The SMILES string of the molecule is CC(=O)N1CCCC(C(=O)N2C[C@@H](C(F)(F)F)[C@H](C(=O)O)C2)C1. The zero-order valence-electron chi connectivity index (χ0n) is 12.7. The molecule has 0 spiro atoms. The van der Waals surface area contributed by atoms with Crippen molar-refractivity contribution < 1.29 is 32.7 Å². The molecule has 0 aliphatic carbocycles. The lowest BCUT2D eigenvalue weighted by atomic mass is 9.96. The monoisotopic (exact) mass is 336 g/mol. The summed E-state index contributed by atoms with van der Waals surface area (Å²) in [6, 6.07) is 0. The Labute approximate surface area is 131 Å². The highest BCUT2D eigenvalue weighted by atomic mass is 19.4. The van der Waals surface area contributed by atoms with E-state index in [1.807, 2.05) is 0 Å². The van der Waals surface area contributed by atoms with Gasteiger partial charge in [0.15, 0.2) is 0 Å². The fourth-order valence-electron chi connectivity index (χ4n) is 3.29. The van der Waals surface area contributed by atoms with Crippen LogP contribution in [0.5, 0.6) is 0 Å². The number of nitrogens with zero attached hydrogens (tertiary/aromatic N) is 2. The first-order valence-corrected chi connectivity index (χ1v) is 7.45. The van der Waals surface area contributed by atoms with E-state index in [-0.39, 0.29) is 12.5 Å². The molecular formula is C14H19F3N2O4. The topological polar surface area (TPSA) is 77.9 Å². The fourth-order valence-corrected chi connectivity index (χ4v) is 3.29. The summed E-state index contributed by atoms with van der Waals surface area (Å²) < 4.78 is 38.9. The molecule has 23 heavy (non-hydrogen) atoms. The highest BCUT2D eigenvalue weighted by Crippen LogP contribution is 2.38. The lowest BCUT2D eigenvalue weighted by Crippen LogP contribution is -2.46. The molecule has 2 rings (SSSR count). The summed E-state index contributed by atoms with van der Waals surface area (Å²) in [4.78, 5) is 37.4. The zero-order chi connectivity index (χ0) is 17.4. The number of piperidine rings is 1. The summed E-state index contributed by atoms with van der Waals surface area (Å²) >= 11 is 0. The zero-order valence-corrected chi connectivity index (χ0v) is 12.7. The second-order valence-electron chi connectivity index (χ2n) is 6.14. The lowest BCUT2D eigenvalue weighted by Gasteiger charge is -2.33. The van der Waals surface area contributed by atoms with Crippen molar-refractivity contribution in [3.05, 3.63) is 0 Å². The van der Waals surface area contributed by atoms with Gasteiger partial charge in [0.1, 0.15) is 0 Å². The minimum absolute atomic E-state index is 0.180. The van der Waals surface area contributed by atoms with Crippen molar-refractivity contribution in [2.45, 2.75) is 25.9 Å². The maximum Gasteiger partial charge on any atom is 0.394 e. The first-order chi connectivity index (χ1) is 10.6. The number of amides is 2. The van der Waals surface area contributed by atoms with Gasteiger partial charge in [-0.25, -0.2) is 0 Å². The lowest BCUT2D eigenvalue weighted by molar-refractivity contribution is -0.188. The van der Waals surface area contributed by atoms with Crippen LogP contribution in [0.4, 0.5) is 13.2 Å². The highest BCUT2D eigenvalue weighted by molar-refractivity contribution is 5.82. The summed E-state index contributed by atoms with van der Waals surface area (Å²) in [5.41, 5.74) is 0. The molecular weight excluding hydrogens is 317 g/mol. The van der Waals surface area contributed by atoms with Crippen molar-refractivity contribution >= 4 is 17.8 Å². The number of rotatable bonds is 2. The minimum atomic E-state index is -4.66. The number of carboxylic acids is 1. The number of likely N-dealkylation sites (tertiary alicyclic amines) is 2. The number of halogens is 3. The molecule has 0 aromatic heterocycles. The smallest absolute Gasteiger partial charge is 0.394 e. The van der Waals surface area contributed by atoms with Crippen LogP contribution >= 0.6 is 0 Å². The van der Waals surface area contributed by atoms with E-state index in [1.165, 1.54) is 11.8 Å². The number of alkyl halides is 3. The molecule has 0 aromatic rings. The second kappa shape index (κ2) is 6.37. The van der Waals surface area contributed by atoms with Gasteiger partial charge >= 0.3 is 12.1 Å². The molecule has 0 aromatic carbocycles. The molecule has 2 heterocycles. The van der Waals surface area contributed by atoms with Crippen LogP contribution in [0.2, 0.25) is 0 Å². The molecule has 2 fully saturated rings. The van der Waals surface area contributed by atoms with Crippen LogP contribution in [-0.2, 0) is 14.4 Å². The molecule has 2 amide bonds. The molecule has 0 bridgehead atoms. The third-order valence-electron chi connectivity index (χ3n) is 4.59. The van der Waals surface area contributed by atoms with E-state index in [0.29, 0.717) is 19.4 Å². The maximum absolute atomic E-state index is 13.0. The number of aliphatic carboxylic acids is 1. The summed E-state index contributed by atoms with van der Waals surface area (Å²) in [7, 11) is 0. The van der Waals surface area contributed by atoms with E-state index in [9.17, 15) is 27.6 Å². The van der Waals surface area contributed by atoms with Crippen molar-refractivity contribution in [3.63, 3.8) is 0 Å². The molecule has 0 radical (unpaired) electrons. The predicted molar refractivity (Wildman–Crippen MR) is 72.2 cm³/mol. The second-order valence-corrected chi connectivity index (χ2v) is 6.14. The molecule has 2 aliphatic heterocycles. The average molecular weight is 336 g/mol. The molecule has 2 aliphatic rings. The van der Waals surface area contributed by atoms with Crippen LogP contribution in [0.1, 0.15) is 19.8 Å². The van der Waals surface area contributed by atoms with Crippen LogP contribution in [0.3, 0.4) is 0 Å². The van der Waals surface area contributed by atoms with E-state index < -0.39 is 48.9 Å².